The molecule has 0 spiro atoms. The summed E-state index contributed by atoms with van der Waals surface area (Å²) in [5.74, 6) is -6.99. The Morgan fingerprint density at radius 2 is 1.31 bits per heavy atom. The van der Waals surface area contributed by atoms with Crippen LogP contribution in [0.1, 0.15) is 77.2 Å². The summed E-state index contributed by atoms with van der Waals surface area (Å²) in [4.78, 5) is 73.1. The van der Waals surface area contributed by atoms with E-state index in [9.17, 15) is 42.7 Å². The van der Waals surface area contributed by atoms with Crippen molar-refractivity contribution in [1.82, 2.24) is 64.6 Å². The lowest BCUT2D eigenvalue weighted by Gasteiger charge is -2.35. The van der Waals surface area contributed by atoms with Gasteiger partial charge in [0.1, 0.15) is 23.6 Å². The van der Waals surface area contributed by atoms with Crippen molar-refractivity contribution in [3.63, 3.8) is 0 Å². The number of aromatic amines is 1. The molecule has 0 bridgehead atoms. The molecule has 0 atom stereocenters. The summed E-state index contributed by atoms with van der Waals surface area (Å²) in [5.41, 5.74) is 3.53. The molecule has 2 aliphatic heterocycles. The molecule has 2 aromatic carbocycles. The lowest BCUT2D eigenvalue weighted by Crippen LogP contribution is -2.47. The molecule has 6 aromatic rings. The van der Waals surface area contributed by atoms with Gasteiger partial charge in [-0.1, -0.05) is 35.5 Å². The number of carbonyl (C=O) groups excluding carboxylic acids is 4. The first-order valence-corrected chi connectivity index (χ1v) is 33.8. The van der Waals surface area contributed by atoms with Crippen molar-refractivity contribution in [3.8, 4) is 23.4 Å². The van der Waals surface area contributed by atoms with Crippen molar-refractivity contribution in [3.05, 3.63) is 113 Å². The Morgan fingerprint density at radius 1 is 0.710 bits per heavy atom. The number of pyridine rings is 1. The summed E-state index contributed by atoms with van der Waals surface area (Å²) in [6, 6.07) is 12.6. The predicted molar refractivity (Wildman–Crippen MR) is 356 cm³/mol. The molecular weight excluding hydrogens is 1310 g/mol. The van der Waals surface area contributed by atoms with Crippen molar-refractivity contribution < 1.29 is 84.8 Å². The van der Waals surface area contributed by atoms with Crippen LogP contribution < -0.4 is 14.8 Å². The number of hydrogen-bond donors (Lipinski definition) is 3. The topological polar surface area (TPSA) is 320 Å². The Balaban J connectivity index is 0.580. The van der Waals surface area contributed by atoms with Gasteiger partial charge in [0.15, 0.2) is 17.5 Å². The van der Waals surface area contributed by atoms with Gasteiger partial charge >= 0.3 is 5.97 Å². The molecule has 2 aliphatic rings. The highest BCUT2D eigenvalue weighted by molar-refractivity contribution is 6.45. The van der Waals surface area contributed by atoms with Crippen LogP contribution in [-0.2, 0) is 60.6 Å². The van der Waals surface area contributed by atoms with Crippen LogP contribution in [0.25, 0.3) is 22.3 Å². The number of hydrogen-bond acceptors (Lipinski definition) is 24. The fourth-order valence-electron chi connectivity index (χ4n) is 11.1. The summed E-state index contributed by atoms with van der Waals surface area (Å²) in [5, 5.41) is 35.4. The zero-order valence-corrected chi connectivity index (χ0v) is 56.7. The van der Waals surface area contributed by atoms with Crippen LogP contribution in [0, 0.1) is 28.8 Å². The molecule has 0 aliphatic carbocycles. The lowest BCUT2D eigenvalue weighted by atomic mass is 9.93. The van der Waals surface area contributed by atoms with Gasteiger partial charge in [-0.2, -0.15) is 9.94 Å². The van der Waals surface area contributed by atoms with Crippen LogP contribution >= 0.6 is 0 Å². The molecule has 100 heavy (non-hydrogen) atoms. The Morgan fingerprint density at radius 3 is 1.95 bits per heavy atom. The second-order valence-electron chi connectivity index (χ2n) is 23.3. The molecule has 0 radical (unpaired) electrons. The standard InChI is InChI=1S/C68H91F3N14O15/c1-91-59-47-75-66(62-61(59)56(46-74-62)63(88)68(90)83-19-11-52(12-20-83)55(45-72)51-9-3-2-4-10-51)85-50-76-65(78-85)67(89)73-14-5-6-15-80(18-8-27-86)16-7-17-81-21-23-82(24-22-81)25-29-93-32-35-96-39-40-98-41-42-99-49-54-48-84(79-77-54)26-30-94-33-36-97-38-37-95-34-31-92-28-13-60(87)100-64-57(70)43-53(69)44-58(64)71/h2-4,9-10,43-44,46-48,50,74,86H,5-8,11-42,49H2,1H3,(H,73,89). The van der Waals surface area contributed by atoms with Crippen molar-refractivity contribution in [2.45, 2.75) is 58.1 Å². The number of ether oxygens (including phenoxy) is 10. The SMILES string of the molecule is COc1cnc(-n2cnc(C(=O)NCCCCN(CCCO)CCCN3CCN(CCOCCOCCOCCOCc4cn(CCOCCOCCOCCOCCC(=O)Oc5c(F)cc(F)cc5F)nn4)CC3)n2)c2[nH]cc(C(=O)C(=O)N3CCC(=C(C#N)c4ccccc4)CC3)c12. The minimum atomic E-state index is -1.31. The minimum absolute atomic E-state index is 0.0535. The number of nitriles is 1. The minimum Gasteiger partial charge on any atom is -0.494 e. The van der Waals surface area contributed by atoms with Crippen molar-refractivity contribution >= 4 is 40.0 Å². The number of benzene rings is 2. The van der Waals surface area contributed by atoms with E-state index in [0.717, 1.165) is 89.3 Å². The maximum atomic E-state index is 13.8. The van der Waals surface area contributed by atoms with Gasteiger partial charge in [-0.15, -0.1) is 10.2 Å². The number of piperidine rings is 1. The maximum Gasteiger partial charge on any atom is 0.313 e. The first kappa shape index (κ1) is 77.6. The average Bonchev–Trinajstić information content (AvgIpc) is 1.60. The molecule has 0 unspecified atom stereocenters. The number of halogens is 3. The fourth-order valence-corrected chi connectivity index (χ4v) is 11.1. The zero-order chi connectivity index (χ0) is 70.5. The van der Waals surface area contributed by atoms with E-state index in [1.54, 1.807) is 10.9 Å². The van der Waals surface area contributed by atoms with E-state index in [-0.39, 0.29) is 55.8 Å². The third-order valence-corrected chi connectivity index (χ3v) is 16.4. The molecule has 0 saturated carbocycles. The molecule has 544 valence electrons. The van der Waals surface area contributed by atoms with Gasteiger partial charge in [0, 0.05) is 83.8 Å². The molecule has 3 N–H and O–H groups in total. The van der Waals surface area contributed by atoms with Crippen LogP contribution in [-0.4, -0.2) is 279 Å². The van der Waals surface area contributed by atoms with Gasteiger partial charge < -0.3 is 77.5 Å². The monoisotopic (exact) mass is 1400 g/mol. The number of ketones is 1. The molecule has 29 nitrogen and oxygen atoms in total. The van der Waals surface area contributed by atoms with E-state index in [0.29, 0.717) is 166 Å². The molecule has 2 amide bonds. The number of aromatic nitrogens is 8. The van der Waals surface area contributed by atoms with Gasteiger partial charge in [-0.25, -0.2) is 27.8 Å². The number of methoxy groups -OCH3 is 1. The summed E-state index contributed by atoms with van der Waals surface area (Å²) >= 11 is 0. The van der Waals surface area contributed by atoms with E-state index >= 15 is 0 Å². The largest absolute Gasteiger partial charge is 0.494 e. The maximum absolute atomic E-state index is 13.8. The number of nitrogens with one attached hydrogen (secondary N) is 2. The normalized spacial score (nSPS) is 13.7. The predicted octanol–water partition coefficient (Wildman–Crippen LogP) is 4.47. The van der Waals surface area contributed by atoms with Gasteiger partial charge in [-0.05, 0) is 69.3 Å². The number of allylic oxidation sites excluding steroid dienone is 1. The molecule has 6 heterocycles. The van der Waals surface area contributed by atoms with Crippen LogP contribution in [0.5, 0.6) is 11.5 Å². The number of amides is 2. The van der Waals surface area contributed by atoms with E-state index < -0.39 is 46.8 Å². The molecule has 4 aromatic heterocycles. The quantitative estimate of drug-likeness (QED) is 0.0118. The van der Waals surface area contributed by atoms with Crippen LogP contribution in [0.3, 0.4) is 0 Å². The highest BCUT2D eigenvalue weighted by Crippen LogP contribution is 2.33. The Bertz CT molecular complexity index is 3520. The number of Topliss-reactive ketones (excluding diaryl/α,β-unsaturated/α-hetero) is 1. The highest BCUT2D eigenvalue weighted by atomic mass is 19.1. The number of unbranched alkanes of at least 4 members (excludes halogenated alkanes) is 1. The summed E-state index contributed by atoms with van der Waals surface area (Å²) in [7, 11) is 1.45. The number of aliphatic hydroxyl groups is 1. The molecule has 2 fully saturated rings. The van der Waals surface area contributed by atoms with Crippen LogP contribution in [0.15, 0.2) is 73.0 Å². The third kappa shape index (κ3) is 25.5. The van der Waals surface area contributed by atoms with E-state index in [2.05, 4.69) is 61.2 Å². The molecule has 32 heteroatoms. The summed E-state index contributed by atoms with van der Waals surface area (Å²) in [6.07, 6.45) is 10.0. The van der Waals surface area contributed by atoms with Gasteiger partial charge in [0.2, 0.25) is 11.6 Å². The second-order valence-corrected chi connectivity index (χ2v) is 23.3. The van der Waals surface area contributed by atoms with Crippen molar-refractivity contribution in [1.29, 1.82) is 5.26 Å². The molecule has 2 saturated heterocycles. The third-order valence-electron chi connectivity index (χ3n) is 16.4. The lowest BCUT2D eigenvalue weighted by molar-refractivity contribution is -0.136. The van der Waals surface area contributed by atoms with Crippen molar-refractivity contribution in [2.24, 2.45) is 0 Å². The number of likely N-dealkylation sites (tertiary alicyclic amines) is 1. The number of piperazine rings is 1. The number of nitrogens with zero attached hydrogens (tertiary/aromatic N) is 12. The number of aliphatic hydroxyl groups excluding tert-OH is 1. The van der Waals surface area contributed by atoms with Gasteiger partial charge in [0.25, 0.3) is 17.6 Å². The highest BCUT2D eigenvalue weighted by Gasteiger charge is 2.31. The number of esters is 1. The summed E-state index contributed by atoms with van der Waals surface area (Å²) in [6.45, 7) is 15.8. The smallest absolute Gasteiger partial charge is 0.313 e. The Kier molecular flexibility index (Phi) is 33.7. The molecular formula is C68H91F3N14O15. The summed E-state index contributed by atoms with van der Waals surface area (Å²) < 4.78 is 98.0. The van der Waals surface area contributed by atoms with Gasteiger partial charge in [-0.3, -0.25) is 24.1 Å². The Hall–Kier alpha value is -8.17. The van der Waals surface area contributed by atoms with Gasteiger partial charge in [0.05, 0.1) is 166 Å². The van der Waals surface area contributed by atoms with E-state index in [1.807, 2.05) is 30.3 Å². The van der Waals surface area contributed by atoms with Crippen LogP contribution in [0.2, 0.25) is 0 Å². The second kappa shape index (κ2) is 43.5. The average molecular weight is 1400 g/mol. The first-order valence-electron chi connectivity index (χ1n) is 33.8. The Labute approximate surface area is 578 Å². The van der Waals surface area contributed by atoms with Crippen LogP contribution in [0.4, 0.5) is 13.2 Å². The molecule has 8 rings (SSSR count). The van der Waals surface area contributed by atoms with E-state index in [4.69, 9.17) is 42.6 Å². The van der Waals surface area contributed by atoms with E-state index in [1.165, 1.54) is 35.4 Å². The number of carbonyl (C=O) groups is 4. The number of rotatable bonds is 48. The first-order chi connectivity index (χ1) is 48.9. The van der Waals surface area contributed by atoms with Crippen molar-refractivity contribution in [2.75, 3.05) is 191 Å². The number of H-pyrrole nitrogens is 1. The zero-order valence-electron chi connectivity index (χ0n) is 56.7. The fraction of sp³-hybridized carbons (Fsp3) is 0.559. The number of fused-ring (bicyclic) bond motifs is 1.